The lowest BCUT2D eigenvalue weighted by atomic mass is 10.0. The second kappa shape index (κ2) is 7.20. The zero-order valence-electron chi connectivity index (χ0n) is 13.2. The Kier molecular flexibility index (Phi) is 5.31. The lowest BCUT2D eigenvalue weighted by molar-refractivity contribution is -0.121. The van der Waals surface area contributed by atoms with Gasteiger partial charge in [-0.05, 0) is 18.4 Å². The predicted molar refractivity (Wildman–Crippen MR) is 83.7 cm³/mol. The van der Waals surface area contributed by atoms with Gasteiger partial charge in [-0.15, -0.1) is 0 Å². The van der Waals surface area contributed by atoms with Crippen LogP contribution in [0.4, 0.5) is 4.39 Å². The minimum Gasteiger partial charge on any atom is -0.342 e. The van der Waals surface area contributed by atoms with E-state index in [1.807, 2.05) is 7.05 Å². The van der Waals surface area contributed by atoms with Crippen LogP contribution in [0, 0.1) is 11.7 Å². The number of nitrogens with one attached hydrogen (secondary N) is 1. The second-order valence-electron chi connectivity index (χ2n) is 5.85. The number of halogens is 1. The Morgan fingerprint density at radius 3 is 2.68 bits per heavy atom. The first-order valence-corrected chi connectivity index (χ1v) is 7.50. The third-order valence-electron chi connectivity index (χ3n) is 3.59. The SMILES string of the molecule is CC(C)CCC(=O)N[C@H](c1ccccc1F)c1nccn1C. The van der Waals surface area contributed by atoms with E-state index < -0.39 is 6.04 Å². The zero-order valence-corrected chi connectivity index (χ0v) is 13.2. The molecule has 1 aromatic carbocycles. The van der Waals surface area contributed by atoms with E-state index in [2.05, 4.69) is 24.1 Å². The standard InChI is InChI=1S/C17H22FN3O/c1-12(2)8-9-15(22)20-16(17-19-10-11-21(17)3)13-6-4-5-7-14(13)18/h4-7,10-12,16H,8-9H2,1-3H3,(H,20,22)/t16-/m1/s1. The van der Waals surface area contributed by atoms with Crippen molar-refractivity contribution in [3.8, 4) is 0 Å². The monoisotopic (exact) mass is 303 g/mol. The molecule has 0 aliphatic carbocycles. The highest BCUT2D eigenvalue weighted by Crippen LogP contribution is 2.23. The summed E-state index contributed by atoms with van der Waals surface area (Å²) in [7, 11) is 1.83. The van der Waals surface area contributed by atoms with E-state index in [1.54, 1.807) is 35.2 Å². The summed E-state index contributed by atoms with van der Waals surface area (Å²) in [6, 6.07) is 5.88. The van der Waals surface area contributed by atoms with Gasteiger partial charge in [0.15, 0.2) is 0 Å². The molecule has 1 aromatic heterocycles. The molecule has 1 amide bonds. The molecular formula is C17H22FN3O. The first kappa shape index (κ1) is 16.2. The van der Waals surface area contributed by atoms with Gasteiger partial charge in [-0.2, -0.15) is 0 Å². The molecule has 1 atom stereocenters. The van der Waals surface area contributed by atoms with Crippen LogP contribution in [0.2, 0.25) is 0 Å². The number of hydrogen-bond donors (Lipinski definition) is 1. The van der Waals surface area contributed by atoms with Gasteiger partial charge in [-0.1, -0.05) is 32.0 Å². The molecule has 1 N–H and O–H groups in total. The van der Waals surface area contributed by atoms with Crippen LogP contribution in [0.3, 0.4) is 0 Å². The number of hydrogen-bond acceptors (Lipinski definition) is 2. The Bertz CT molecular complexity index is 636. The molecule has 118 valence electrons. The predicted octanol–water partition coefficient (Wildman–Crippen LogP) is 3.20. The molecule has 0 radical (unpaired) electrons. The average Bonchev–Trinajstić information content (AvgIpc) is 2.89. The van der Waals surface area contributed by atoms with Crippen molar-refractivity contribution >= 4 is 5.91 Å². The molecular weight excluding hydrogens is 281 g/mol. The first-order chi connectivity index (χ1) is 10.5. The Morgan fingerprint density at radius 1 is 1.36 bits per heavy atom. The summed E-state index contributed by atoms with van der Waals surface area (Å²) in [6.07, 6.45) is 4.65. The number of carbonyl (C=O) groups excluding carboxylic acids is 1. The van der Waals surface area contributed by atoms with Gasteiger partial charge in [0.25, 0.3) is 0 Å². The van der Waals surface area contributed by atoms with Crippen molar-refractivity contribution in [2.45, 2.75) is 32.7 Å². The van der Waals surface area contributed by atoms with Crippen LogP contribution in [0.5, 0.6) is 0 Å². The third kappa shape index (κ3) is 3.93. The van der Waals surface area contributed by atoms with E-state index in [1.165, 1.54) is 6.07 Å². The van der Waals surface area contributed by atoms with Crippen molar-refractivity contribution < 1.29 is 9.18 Å². The summed E-state index contributed by atoms with van der Waals surface area (Å²) >= 11 is 0. The van der Waals surface area contributed by atoms with Crippen LogP contribution in [0.25, 0.3) is 0 Å². The van der Waals surface area contributed by atoms with E-state index in [-0.39, 0.29) is 11.7 Å². The summed E-state index contributed by atoms with van der Waals surface area (Å²) in [6.45, 7) is 4.14. The number of imidazole rings is 1. The maximum absolute atomic E-state index is 14.1. The molecule has 0 saturated carbocycles. The van der Waals surface area contributed by atoms with Crippen LogP contribution >= 0.6 is 0 Å². The van der Waals surface area contributed by atoms with Gasteiger partial charge < -0.3 is 9.88 Å². The Morgan fingerprint density at radius 2 is 2.09 bits per heavy atom. The van der Waals surface area contributed by atoms with Gasteiger partial charge in [-0.25, -0.2) is 9.37 Å². The lowest BCUT2D eigenvalue weighted by Gasteiger charge is -2.20. The van der Waals surface area contributed by atoms with Crippen molar-refractivity contribution in [1.29, 1.82) is 0 Å². The quantitative estimate of drug-likeness (QED) is 0.891. The van der Waals surface area contributed by atoms with Gasteiger partial charge in [0.1, 0.15) is 17.7 Å². The van der Waals surface area contributed by atoms with Gasteiger partial charge in [0.2, 0.25) is 5.91 Å². The molecule has 0 unspecified atom stereocenters. The molecule has 0 spiro atoms. The van der Waals surface area contributed by atoms with Crippen LogP contribution < -0.4 is 5.32 Å². The number of rotatable bonds is 6. The fourth-order valence-corrected chi connectivity index (χ4v) is 2.30. The highest BCUT2D eigenvalue weighted by atomic mass is 19.1. The maximum Gasteiger partial charge on any atom is 0.220 e. The summed E-state index contributed by atoms with van der Waals surface area (Å²) in [5.74, 6) is 0.624. The molecule has 1 heterocycles. The highest BCUT2D eigenvalue weighted by Gasteiger charge is 2.23. The van der Waals surface area contributed by atoms with E-state index in [0.29, 0.717) is 23.7 Å². The number of carbonyl (C=O) groups is 1. The second-order valence-corrected chi connectivity index (χ2v) is 5.85. The summed E-state index contributed by atoms with van der Waals surface area (Å²) in [4.78, 5) is 16.4. The van der Waals surface area contributed by atoms with Gasteiger partial charge in [-0.3, -0.25) is 4.79 Å². The van der Waals surface area contributed by atoms with Crippen molar-refractivity contribution in [1.82, 2.24) is 14.9 Å². The van der Waals surface area contributed by atoms with Gasteiger partial charge in [0.05, 0.1) is 0 Å². The number of amides is 1. The summed E-state index contributed by atoms with van der Waals surface area (Å²) in [5.41, 5.74) is 0.426. The summed E-state index contributed by atoms with van der Waals surface area (Å²) in [5, 5.41) is 2.91. The molecule has 0 saturated heterocycles. The Hall–Kier alpha value is -2.17. The van der Waals surface area contributed by atoms with E-state index in [4.69, 9.17) is 0 Å². The maximum atomic E-state index is 14.1. The number of nitrogens with zero attached hydrogens (tertiary/aromatic N) is 2. The minimum atomic E-state index is -0.583. The highest BCUT2D eigenvalue weighted by molar-refractivity contribution is 5.76. The van der Waals surface area contributed by atoms with Crippen molar-refractivity contribution in [3.05, 3.63) is 53.9 Å². The minimum absolute atomic E-state index is 0.0926. The van der Waals surface area contributed by atoms with Gasteiger partial charge in [0, 0.05) is 31.4 Å². The van der Waals surface area contributed by atoms with E-state index in [0.717, 1.165) is 6.42 Å². The number of benzene rings is 1. The third-order valence-corrected chi connectivity index (χ3v) is 3.59. The van der Waals surface area contributed by atoms with Crippen molar-refractivity contribution in [2.75, 3.05) is 0 Å². The van der Waals surface area contributed by atoms with Gasteiger partial charge >= 0.3 is 0 Å². The van der Waals surface area contributed by atoms with Crippen molar-refractivity contribution in [3.63, 3.8) is 0 Å². The van der Waals surface area contributed by atoms with Crippen LogP contribution in [0.1, 0.15) is 44.1 Å². The Balaban J connectivity index is 2.26. The summed E-state index contributed by atoms with van der Waals surface area (Å²) < 4.78 is 15.9. The molecule has 4 nitrogen and oxygen atoms in total. The largest absolute Gasteiger partial charge is 0.342 e. The molecule has 5 heteroatoms. The van der Waals surface area contributed by atoms with E-state index in [9.17, 15) is 9.18 Å². The average molecular weight is 303 g/mol. The fourth-order valence-electron chi connectivity index (χ4n) is 2.30. The first-order valence-electron chi connectivity index (χ1n) is 7.50. The van der Waals surface area contributed by atoms with Crippen LogP contribution in [-0.2, 0) is 11.8 Å². The van der Waals surface area contributed by atoms with Crippen molar-refractivity contribution in [2.24, 2.45) is 13.0 Å². The van der Waals surface area contributed by atoms with Crippen LogP contribution in [0.15, 0.2) is 36.7 Å². The molecule has 0 bridgehead atoms. The molecule has 22 heavy (non-hydrogen) atoms. The molecule has 2 aromatic rings. The fraction of sp³-hybridized carbons (Fsp3) is 0.412. The topological polar surface area (TPSA) is 46.9 Å². The molecule has 0 aliphatic rings. The molecule has 0 fully saturated rings. The Labute approximate surface area is 130 Å². The molecule has 0 aliphatic heterocycles. The normalized spacial score (nSPS) is 12.4. The van der Waals surface area contributed by atoms with E-state index >= 15 is 0 Å². The van der Waals surface area contributed by atoms with Crippen LogP contribution in [-0.4, -0.2) is 15.5 Å². The number of aryl methyl sites for hydroxylation is 1. The smallest absolute Gasteiger partial charge is 0.220 e. The lowest BCUT2D eigenvalue weighted by Crippen LogP contribution is -2.31. The number of aromatic nitrogens is 2. The molecule has 2 rings (SSSR count). The zero-order chi connectivity index (χ0) is 16.1.